The van der Waals surface area contributed by atoms with Crippen LogP contribution in [0.25, 0.3) is 0 Å². The van der Waals surface area contributed by atoms with Gasteiger partial charge in [0.1, 0.15) is 6.07 Å². The summed E-state index contributed by atoms with van der Waals surface area (Å²) in [5, 5.41) is 12.4. The van der Waals surface area contributed by atoms with Gasteiger partial charge in [-0.1, -0.05) is 15.9 Å². The second kappa shape index (κ2) is 6.77. The van der Waals surface area contributed by atoms with E-state index in [2.05, 4.69) is 27.3 Å². The van der Waals surface area contributed by atoms with Crippen LogP contribution < -0.4 is 5.32 Å². The van der Waals surface area contributed by atoms with Crippen molar-refractivity contribution in [3.05, 3.63) is 28.2 Å². The zero-order valence-corrected chi connectivity index (χ0v) is 14.2. The Labute approximate surface area is 134 Å². The highest BCUT2D eigenvalue weighted by atomic mass is 79.9. The molecule has 1 aromatic rings. The predicted octanol–water partition coefficient (Wildman–Crippen LogP) is 2.40. The molecule has 0 bridgehead atoms. The summed E-state index contributed by atoms with van der Waals surface area (Å²) >= 11 is 3.34. The average molecular weight is 372 g/mol. The van der Waals surface area contributed by atoms with Gasteiger partial charge in [0.05, 0.1) is 17.5 Å². The van der Waals surface area contributed by atoms with Gasteiger partial charge < -0.3 is 5.32 Å². The van der Waals surface area contributed by atoms with Gasteiger partial charge in [0, 0.05) is 24.1 Å². The Morgan fingerprint density at radius 3 is 2.95 bits per heavy atom. The molecule has 0 amide bonds. The Balaban J connectivity index is 1.99. The summed E-state index contributed by atoms with van der Waals surface area (Å²) in [5.74, 6) is 0.267. The molecule has 7 heteroatoms. The highest BCUT2D eigenvalue weighted by Crippen LogP contribution is 2.23. The largest absolute Gasteiger partial charge is 0.384 e. The quantitative estimate of drug-likeness (QED) is 0.881. The third-order valence-corrected chi connectivity index (χ3v) is 5.40. The van der Waals surface area contributed by atoms with Crippen LogP contribution in [0.4, 0.5) is 5.69 Å². The van der Waals surface area contributed by atoms with Gasteiger partial charge >= 0.3 is 0 Å². The maximum absolute atomic E-state index is 11.6. The predicted molar refractivity (Wildman–Crippen MR) is 86.5 cm³/mol. The maximum Gasteiger partial charge on any atom is 0.211 e. The van der Waals surface area contributed by atoms with Gasteiger partial charge in [-0.15, -0.1) is 0 Å². The van der Waals surface area contributed by atoms with Crippen molar-refractivity contribution in [2.24, 2.45) is 5.92 Å². The number of anilines is 1. The highest BCUT2D eigenvalue weighted by molar-refractivity contribution is 9.10. The Bertz CT molecular complexity index is 655. The second-order valence-electron chi connectivity index (χ2n) is 5.31. The lowest BCUT2D eigenvalue weighted by molar-refractivity contribution is 0.277. The molecule has 1 saturated heterocycles. The van der Waals surface area contributed by atoms with Crippen LogP contribution in [0.5, 0.6) is 0 Å². The molecule has 1 atom stereocenters. The van der Waals surface area contributed by atoms with E-state index >= 15 is 0 Å². The Morgan fingerprint density at radius 1 is 1.52 bits per heavy atom. The molecule has 1 aromatic carbocycles. The first-order chi connectivity index (χ1) is 9.90. The van der Waals surface area contributed by atoms with Gasteiger partial charge in [0.15, 0.2) is 0 Å². The number of nitrogens with zero attached hydrogens (tertiary/aromatic N) is 2. The van der Waals surface area contributed by atoms with E-state index in [-0.39, 0.29) is 5.92 Å². The van der Waals surface area contributed by atoms with Crippen LogP contribution in [0.1, 0.15) is 18.4 Å². The lowest BCUT2D eigenvalue weighted by Gasteiger charge is -2.31. The van der Waals surface area contributed by atoms with Crippen molar-refractivity contribution in [3.63, 3.8) is 0 Å². The number of nitrogens with one attached hydrogen (secondary N) is 1. The molecule has 0 saturated carbocycles. The van der Waals surface area contributed by atoms with Crippen molar-refractivity contribution >= 4 is 31.6 Å². The van der Waals surface area contributed by atoms with Crippen LogP contribution in [0, 0.1) is 17.2 Å². The smallest absolute Gasteiger partial charge is 0.211 e. The summed E-state index contributed by atoms with van der Waals surface area (Å²) in [4.78, 5) is 0. The van der Waals surface area contributed by atoms with Gasteiger partial charge in [0.2, 0.25) is 10.0 Å². The molecule has 0 aliphatic carbocycles. The summed E-state index contributed by atoms with van der Waals surface area (Å²) in [5.41, 5.74) is 1.37. The van der Waals surface area contributed by atoms with Crippen LogP contribution >= 0.6 is 15.9 Å². The van der Waals surface area contributed by atoms with E-state index in [1.807, 2.05) is 12.1 Å². The Morgan fingerprint density at radius 2 is 2.29 bits per heavy atom. The number of piperidine rings is 1. The monoisotopic (exact) mass is 371 g/mol. The van der Waals surface area contributed by atoms with Gasteiger partial charge in [-0.2, -0.15) is 5.26 Å². The number of halogens is 1. The number of hydrogen-bond donors (Lipinski definition) is 1. The molecule has 0 spiro atoms. The number of nitriles is 1. The minimum atomic E-state index is -3.11. The fraction of sp³-hybridized carbons (Fsp3) is 0.500. The number of hydrogen-bond acceptors (Lipinski definition) is 4. The fourth-order valence-electron chi connectivity index (χ4n) is 2.51. The fourth-order valence-corrected chi connectivity index (χ4v) is 3.82. The van der Waals surface area contributed by atoms with Gasteiger partial charge in [-0.25, -0.2) is 12.7 Å². The summed E-state index contributed by atoms with van der Waals surface area (Å²) < 4.78 is 25.6. The number of rotatable bonds is 4. The molecule has 1 aliphatic heterocycles. The van der Waals surface area contributed by atoms with E-state index in [1.165, 1.54) is 10.6 Å². The number of benzene rings is 1. The summed E-state index contributed by atoms with van der Waals surface area (Å²) in [6, 6.07) is 7.67. The molecule has 1 unspecified atom stereocenters. The molecule has 2 rings (SSSR count). The first kappa shape index (κ1) is 16.3. The van der Waals surface area contributed by atoms with Gasteiger partial charge in [0.25, 0.3) is 0 Å². The minimum Gasteiger partial charge on any atom is -0.384 e. The van der Waals surface area contributed by atoms with Gasteiger partial charge in [-0.3, -0.25) is 0 Å². The zero-order valence-electron chi connectivity index (χ0n) is 11.8. The summed E-state index contributed by atoms with van der Waals surface area (Å²) in [6.07, 6.45) is 3.13. The molecular formula is C14H18BrN3O2S. The molecule has 0 radical (unpaired) electrons. The van der Waals surface area contributed by atoms with Gasteiger partial charge in [-0.05, 0) is 37.0 Å². The van der Waals surface area contributed by atoms with Crippen molar-refractivity contribution in [2.75, 3.05) is 31.2 Å². The lowest BCUT2D eigenvalue weighted by Crippen LogP contribution is -2.41. The molecule has 5 nitrogen and oxygen atoms in total. The van der Waals surface area contributed by atoms with E-state index in [0.717, 1.165) is 23.0 Å². The Kier molecular flexibility index (Phi) is 5.25. The SMILES string of the molecule is CS(=O)(=O)N1CCCC(CNc2ccc(Br)cc2C#N)C1. The van der Waals surface area contributed by atoms with Crippen LogP contribution in [-0.4, -0.2) is 38.6 Å². The summed E-state index contributed by atoms with van der Waals surface area (Å²) in [6.45, 7) is 1.82. The average Bonchev–Trinajstić information content (AvgIpc) is 2.45. The van der Waals surface area contributed by atoms with Crippen molar-refractivity contribution in [2.45, 2.75) is 12.8 Å². The van der Waals surface area contributed by atoms with E-state index in [9.17, 15) is 8.42 Å². The van der Waals surface area contributed by atoms with Crippen molar-refractivity contribution in [1.82, 2.24) is 4.31 Å². The molecule has 1 fully saturated rings. The topological polar surface area (TPSA) is 73.2 Å². The van der Waals surface area contributed by atoms with E-state index in [4.69, 9.17) is 5.26 Å². The van der Waals surface area contributed by atoms with Crippen molar-refractivity contribution in [3.8, 4) is 6.07 Å². The lowest BCUT2D eigenvalue weighted by atomic mass is 9.99. The molecule has 0 aromatic heterocycles. The maximum atomic E-state index is 11.6. The van der Waals surface area contributed by atoms with Crippen molar-refractivity contribution < 1.29 is 8.42 Å². The van der Waals surface area contributed by atoms with Crippen molar-refractivity contribution in [1.29, 1.82) is 5.26 Å². The summed E-state index contributed by atoms with van der Waals surface area (Å²) in [7, 11) is -3.11. The normalized spacial score (nSPS) is 20.0. The van der Waals surface area contributed by atoms with Crippen LogP contribution in [0.15, 0.2) is 22.7 Å². The molecule has 21 heavy (non-hydrogen) atoms. The molecule has 1 heterocycles. The molecule has 1 aliphatic rings. The third kappa shape index (κ3) is 4.43. The van der Waals surface area contributed by atoms with E-state index in [1.54, 1.807) is 6.07 Å². The van der Waals surface area contributed by atoms with Crippen LogP contribution in [0.3, 0.4) is 0 Å². The highest BCUT2D eigenvalue weighted by Gasteiger charge is 2.25. The molecule has 1 N–H and O–H groups in total. The van der Waals surface area contributed by atoms with Crippen LogP contribution in [0.2, 0.25) is 0 Å². The zero-order chi connectivity index (χ0) is 15.5. The molecular weight excluding hydrogens is 354 g/mol. The first-order valence-electron chi connectivity index (χ1n) is 6.79. The van der Waals surface area contributed by atoms with E-state index in [0.29, 0.717) is 25.2 Å². The van der Waals surface area contributed by atoms with Crippen LogP contribution in [-0.2, 0) is 10.0 Å². The third-order valence-electron chi connectivity index (χ3n) is 3.63. The first-order valence-corrected chi connectivity index (χ1v) is 9.43. The molecule has 114 valence electrons. The second-order valence-corrected chi connectivity index (χ2v) is 8.21. The Hall–Kier alpha value is -1.10. The standard InChI is InChI=1S/C14H18BrN3O2S/c1-21(19,20)18-6-2-3-11(10-18)9-17-14-5-4-13(15)7-12(14)8-16/h4-5,7,11,17H,2-3,6,9-10H2,1H3. The number of sulfonamides is 1. The minimum absolute atomic E-state index is 0.267. The van der Waals surface area contributed by atoms with E-state index < -0.39 is 10.0 Å².